The van der Waals surface area contributed by atoms with Crippen molar-refractivity contribution in [2.45, 2.75) is 24.9 Å². The Balaban J connectivity index is 1.73. The lowest BCUT2D eigenvalue weighted by molar-refractivity contribution is 0.153. The van der Waals surface area contributed by atoms with Crippen LogP contribution in [-0.4, -0.2) is 19.3 Å². The van der Waals surface area contributed by atoms with Gasteiger partial charge >= 0.3 is 0 Å². The molecule has 2 aromatic rings. The van der Waals surface area contributed by atoms with Crippen molar-refractivity contribution in [3.8, 4) is 11.5 Å². The zero-order valence-electron chi connectivity index (χ0n) is 12.4. The quantitative estimate of drug-likeness (QED) is 0.913. The van der Waals surface area contributed by atoms with E-state index in [1.807, 2.05) is 18.2 Å². The van der Waals surface area contributed by atoms with Crippen LogP contribution in [0.5, 0.6) is 11.5 Å². The highest BCUT2D eigenvalue weighted by Crippen LogP contribution is 2.41. The van der Waals surface area contributed by atoms with Crippen molar-refractivity contribution in [3.05, 3.63) is 59.2 Å². The second-order valence-corrected chi connectivity index (χ2v) is 5.47. The highest BCUT2D eigenvalue weighted by molar-refractivity contribution is 5.44. The molecule has 0 saturated carbocycles. The Hall–Kier alpha value is -2.00. The fourth-order valence-electron chi connectivity index (χ4n) is 3.04. The van der Waals surface area contributed by atoms with Crippen LogP contribution in [0.3, 0.4) is 0 Å². The largest absolute Gasteiger partial charge is 0.493 e. The van der Waals surface area contributed by atoms with Gasteiger partial charge in [-0.25, -0.2) is 0 Å². The van der Waals surface area contributed by atoms with Crippen LogP contribution in [0, 0.1) is 0 Å². The molecule has 0 amide bonds. The lowest BCUT2D eigenvalue weighted by atomic mass is 9.74. The maximum atomic E-state index is 10.5. The van der Waals surface area contributed by atoms with Gasteiger partial charge in [0.25, 0.3) is 0 Å². The molecule has 2 atom stereocenters. The number of ether oxygens (including phenoxy) is 2. The number of rotatable bonds is 5. The monoisotopic (exact) mass is 284 g/mol. The van der Waals surface area contributed by atoms with Crippen LogP contribution in [0.15, 0.2) is 42.5 Å². The van der Waals surface area contributed by atoms with Crippen LogP contribution in [-0.2, 0) is 6.42 Å². The predicted molar refractivity (Wildman–Crippen MR) is 82.0 cm³/mol. The number of benzene rings is 2. The maximum absolute atomic E-state index is 10.5. The number of aliphatic hydroxyl groups excluding tert-OH is 1. The SMILES string of the molecule is COc1ccc(C(O)CC2Cc3ccccc32)cc1OC. The topological polar surface area (TPSA) is 38.7 Å². The highest BCUT2D eigenvalue weighted by atomic mass is 16.5. The van der Waals surface area contributed by atoms with Crippen molar-refractivity contribution in [3.63, 3.8) is 0 Å². The van der Waals surface area contributed by atoms with Gasteiger partial charge in [-0.1, -0.05) is 30.3 Å². The molecule has 0 bridgehead atoms. The normalized spacial score (nSPS) is 17.6. The molecule has 0 saturated heterocycles. The van der Waals surface area contributed by atoms with Crippen LogP contribution in [0.2, 0.25) is 0 Å². The fraction of sp³-hybridized carbons (Fsp3) is 0.333. The average molecular weight is 284 g/mol. The van der Waals surface area contributed by atoms with Gasteiger partial charge in [0.2, 0.25) is 0 Å². The first-order chi connectivity index (χ1) is 10.2. The molecule has 2 aromatic carbocycles. The summed E-state index contributed by atoms with van der Waals surface area (Å²) in [7, 11) is 3.22. The molecule has 0 fully saturated rings. The molecule has 3 heteroatoms. The van der Waals surface area contributed by atoms with Gasteiger partial charge < -0.3 is 14.6 Å². The van der Waals surface area contributed by atoms with E-state index in [-0.39, 0.29) is 0 Å². The minimum atomic E-state index is -0.483. The Morgan fingerprint density at radius 1 is 1.10 bits per heavy atom. The Kier molecular flexibility index (Phi) is 3.84. The van der Waals surface area contributed by atoms with Gasteiger partial charge in [0, 0.05) is 0 Å². The summed E-state index contributed by atoms with van der Waals surface area (Å²) in [5.41, 5.74) is 3.65. The molecule has 1 N–H and O–H groups in total. The highest BCUT2D eigenvalue weighted by Gasteiger charge is 2.28. The van der Waals surface area contributed by atoms with Crippen LogP contribution >= 0.6 is 0 Å². The molecular formula is C18H20O3. The molecule has 0 heterocycles. The van der Waals surface area contributed by atoms with Crippen molar-refractivity contribution >= 4 is 0 Å². The van der Waals surface area contributed by atoms with E-state index in [0.717, 1.165) is 18.4 Å². The number of hydrogen-bond acceptors (Lipinski definition) is 3. The van der Waals surface area contributed by atoms with Crippen molar-refractivity contribution in [2.75, 3.05) is 14.2 Å². The lowest BCUT2D eigenvalue weighted by Crippen LogP contribution is -2.19. The molecule has 1 aliphatic carbocycles. The zero-order chi connectivity index (χ0) is 14.8. The molecular weight excluding hydrogens is 264 g/mol. The first-order valence-corrected chi connectivity index (χ1v) is 7.20. The summed E-state index contributed by atoms with van der Waals surface area (Å²) in [6.45, 7) is 0. The van der Waals surface area contributed by atoms with Crippen LogP contribution in [0.4, 0.5) is 0 Å². The summed E-state index contributed by atoms with van der Waals surface area (Å²) in [5, 5.41) is 10.5. The molecule has 0 spiro atoms. The predicted octanol–water partition coefficient (Wildman–Crippen LogP) is 3.47. The summed E-state index contributed by atoms with van der Waals surface area (Å²) < 4.78 is 10.5. The van der Waals surface area contributed by atoms with Gasteiger partial charge in [0.15, 0.2) is 11.5 Å². The molecule has 110 valence electrons. The minimum absolute atomic E-state index is 0.448. The molecule has 0 radical (unpaired) electrons. The van der Waals surface area contributed by atoms with E-state index in [2.05, 4.69) is 24.3 Å². The van der Waals surface area contributed by atoms with Crippen molar-refractivity contribution in [2.24, 2.45) is 0 Å². The zero-order valence-corrected chi connectivity index (χ0v) is 12.4. The van der Waals surface area contributed by atoms with Gasteiger partial charge in [-0.3, -0.25) is 0 Å². The van der Waals surface area contributed by atoms with E-state index in [0.29, 0.717) is 17.4 Å². The maximum Gasteiger partial charge on any atom is 0.161 e. The van der Waals surface area contributed by atoms with E-state index in [4.69, 9.17) is 9.47 Å². The minimum Gasteiger partial charge on any atom is -0.493 e. The molecule has 3 rings (SSSR count). The summed E-state index contributed by atoms with van der Waals surface area (Å²) in [4.78, 5) is 0. The second-order valence-electron chi connectivity index (χ2n) is 5.47. The third kappa shape index (κ3) is 2.61. The molecule has 21 heavy (non-hydrogen) atoms. The molecule has 1 aliphatic rings. The average Bonchev–Trinajstić information content (AvgIpc) is 2.51. The van der Waals surface area contributed by atoms with Gasteiger partial charge in [0.05, 0.1) is 20.3 Å². The summed E-state index contributed by atoms with van der Waals surface area (Å²) >= 11 is 0. The van der Waals surface area contributed by atoms with Crippen LogP contribution in [0.1, 0.15) is 35.1 Å². The van der Waals surface area contributed by atoms with Gasteiger partial charge in [-0.2, -0.15) is 0 Å². The summed E-state index contributed by atoms with van der Waals surface area (Å²) in [6.07, 6.45) is 1.32. The van der Waals surface area contributed by atoms with Crippen molar-refractivity contribution in [1.82, 2.24) is 0 Å². The van der Waals surface area contributed by atoms with Crippen LogP contribution < -0.4 is 9.47 Å². The number of fused-ring (bicyclic) bond motifs is 1. The Bertz CT molecular complexity index is 636. The van der Waals surface area contributed by atoms with E-state index >= 15 is 0 Å². The third-order valence-corrected chi connectivity index (χ3v) is 4.26. The van der Waals surface area contributed by atoms with Crippen molar-refractivity contribution in [1.29, 1.82) is 0 Å². The first kappa shape index (κ1) is 14.0. The summed E-state index contributed by atoms with van der Waals surface area (Å²) in [5.74, 6) is 1.79. The molecule has 3 nitrogen and oxygen atoms in total. The van der Waals surface area contributed by atoms with Gasteiger partial charge in [-0.15, -0.1) is 0 Å². The van der Waals surface area contributed by atoms with E-state index in [9.17, 15) is 5.11 Å². The Morgan fingerprint density at radius 3 is 2.57 bits per heavy atom. The van der Waals surface area contributed by atoms with E-state index < -0.39 is 6.10 Å². The van der Waals surface area contributed by atoms with E-state index in [1.165, 1.54) is 11.1 Å². The number of methoxy groups -OCH3 is 2. The molecule has 0 aromatic heterocycles. The lowest BCUT2D eigenvalue weighted by Gasteiger charge is -2.31. The smallest absolute Gasteiger partial charge is 0.161 e. The molecule has 2 unspecified atom stereocenters. The Labute approximate surface area is 125 Å². The fourth-order valence-corrected chi connectivity index (χ4v) is 3.04. The van der Waals surface area contributed by atoms with E-state index in [1.54, 1.807) is 14.2 Å². The number of hydrogen-bond donors (Lipinski definition) is 1. The molecule has 0 aliphatic heterocycles. The first-order valence-electron chi connectivity index (χ1n) is 7.20. The Morgan fingerprint density at radius 2 is 1.86 bits per heavy atom. The van der Waals surface area contributed by atoms with Gasteiger partial charge in [-0.05, 0) is 47.6 Å². The second kappa shape index (κ2) is 5.78. The standard InChI is InChI=1S/C18H20O3/c1-20-17-8-7-13(11-18(17)21-2)16(19)10-14-9-12-5-3-4-6-15(12)14/h3-8,11,14,16,19H,9-10H2,1-2H3. The number of aliphatic hydroxyl groups is 1. The third-order valence-electron chi connectivity index (χ3n) is 4.26. The van der Waals surface area contributed by atoms with Crippen LogP contribution in [0.25, 0.3) is 0 Å². The summed E-state index contributed by atoms with van der Waals surface area (Å²) in [6, 6.07) is 14.0. The van der Waals surface area contributed by atoms with Gasteiger partial charge in [0.1, 0.15) is 0 Å². The van der Waals surface area contributed by atoms with Crippen molar-refractivity contribution < 1.29 is 14.6 Å².